The average Bonchev–Trinajstić information content (AvgIpc) is 2.28. The maximum atomic E-state index is 3.58. The summed E-state index contributed by atoms with van der Waals surface area (Å²) in [5, 5.41) is 3.58. The summed E-state index contributed by atoms with van der Waals surface area (Å²) < 4.78 is 0. The molecule has 1 aliphatic carbocycles. The normalized spacial score (nSPS) is 34.2. The van der Waals surface area contributed by atoms with Gasteiger partial charge in [0, 0.05) is 19.6 Å². The van der Waals surface area contributed by atoms with Gasteiger partial charge in [-0.2, -0.15) is 0 Å². The Balaban J connectivity index is 1.82. The molecule has 1 saturated heterocycles. The molecule has 0 spiro atoms. The number of hydrogen-bond acceptors (Lipinski definition) is 2. The van der Waals surface area contributed by atoms with E-state index in [1.54, 1.807) is 0 Å². The third kappa shape index (κ3) is 4.59. The van der Waals surface area contributed by atoms with Crippen LogP contribution in [0.15, 0.2) is 0 Å². The van der Waals surface area contributed by atoms with E-state index in [9.17, 15) is 0 Å². The van der Waals surface area contributed by atoms with Gasteiger partial charge in [0.25, 0.3) is 0 Å². The van der Waals surface area contributed by atoms with Gasteiger partial charge in [-0.25, -0.2) is 0 Å². The first-order valence-electron chi connectivity index (χ1n) is 7.67. The first kappa shape index (κ1) is 13.4. The molecule has 17 heavy (non-hydrogen) atoms. The molecule has 2 aliphatic rings. The lowest BCUT2D eigenvalue weighted by Crippen LogP contribution is -2.44. The van der Waals surface area contributed by atoms with E-state index in [2.05, 4.69) is 24.1 Å². The predicted octanol–water partition coefficient (Wildman–Crippen LogP) is 2.74. The number of nitrogens with zero attached hydrogens (tertiary/aromatic N) is 1. The van der Waals surface area contributed by atoms with Gasteiger partial charge < -0.3 is 10.2 Å². The molecule has 1 N–H and O–H groups in total. The van der Waals surface area contributed by atoms with E-state index in [1.807, 2.05) is 0 Å². The van der Waals surface area contributed by atoms with E-state index in [4.69, 9.17) is 0 Å². The lowest BCUT2D eigenvalue weighted by atomic mass is 9.88. The Morgan fingerprint density at radius 3 is 2.12 bits per heavy atom. The van der Waals surface area contributed by atoms with Crippen molar-refractivity contribution in [2.24, 2.45) is 17.8 Å². The van der Waals surface area contributed by atoms with Gasteiger partial charge in [-0.15, -0.1) is 0 Å². The van der Waals surface area contributed by atoms with Crippen molar-refractivity contribution in [2.75, 3.05) is 32.7 Å². The Bertz CT molecular complexity index is 199. The minimum Gasteiger partial charge on any atom is -0.316 e. The van der Waals surface area contributed by atoms with Crippen molar-refractivity contribution in [1.82, 2.24) is 10.2 Å². The molecule has 0 aromatic heterocycles. The van der Waals surface area contributed by atoms with Crippen molar-refractivity contribution in [2.45, 2.75) is 46.0 Å². The molecular formula is C15H30N2. The summed E-state index contributed by atoms with van der Waals surface area (Å²) in [6.07, 6.45) is 7.40. The monoisotopic (exact) mass is 238 g/mol. The van der Waals surface area contributed by atoms with Crippen molar-refractivity contribution in [1.29, 1.82) is 0 Å². The van der Waals surface area contributed by atoms with Crippen LogP contribution < -0.4 is 5.32 Å². The minimum atomic E-state index is 0.811. The summed E-state index contributed by atoms with van der Waals surface area (Å²) in [6, 6.07) is 0. The molecule has 1 aliphatic heterocycles. The van der Waals surface area contributed by atoms with E-state index in [0.29, 0.717) is 0 Å². The molecule has 0 amide bonds. The van der Waals surface area contributed by atoms with Crippen molar-refractivity contribution in [3.8, 4) is 0 Å². The van der Waals surface area contributed by atoms with Crippen LogP contribution in [-0.4, -0.2) is 37.6 Å². The summed E-state index contributed by atoms with van der Waals surface area (Å²) in [4.78, 5) is 2.76. The van der Waals surface area contributed by atoms with Gasteiger partial charge in [-0.05, 0) is 43.7 Å². The standard InChI is InChI=1S/C15H30N2/c1-13-8-16-9-14(2)11-17(10-13)12-15-6-4-3-5-7-15/h13-16H,3-12H2,1-2H3. The molecule has 2 fully saturated rings. The van der Waals surface area contributed by atoms with E-state index < -0.39 is 0 Å². The molecule has 0 aromatic carbocycles. The van der Waals surface area contributed by atoms with Crippen LogP contribution in [-0.2, 0) is 0 Å². The van der Waals surface area contributed by atoms with E-state index >= 15 is 0 Å². The fourth-order valence-corrected chi connectivity index (χ4v) is 3.55. The lowest BCUT2D eigenvalue weighted by Gasteiger charge is -2.35. The van der Waals surface area contributed by atoms with Crippen LogP contribution in [0.3, 0.4) is 0 Å². The van der Waals surface area contributed by atoms with Gasteiger partial charge in [0.2, 0.25) is 0 Å². The second-order valence-corrected chi connectivity index (χ2v) is 6.59. The van der Waals surface area contributed by atoms with Gasteiger partial charge >= 0.3 is 0 Å². The van der Waals surface area contributed by atoms with Crippen molar-refractivity contribution in [3.63, 3.8) is 0 Å². The summed E-state index contributed by atoms with van der Waals surface area (Å²) >= 11 is 0. The Morgan fingerprint density at radius 1 is 0.941 bits per heavy atom. The molecule has 2 nitrogen and oxygen atoms in total. The lowest BCUT2D eigenvalue weighted by molar-refractivity contribution is 0.146. The van der Waals surface area contributed by atoms with E-state index in [1.165, 1.54) is 64.8 Å². The Labute approximate surface area is 107 Å². The molecule has 0 radical (unpaired) electrons. The highest BCUT2D eigenvalue weighted by Gasteiger charge is 2.21. The van der Waals surface area contributed by atoms with Gasteiger partial charge in [0.1, 0.15) is 0 Å². The van der Waals surface area contributed by atoms with Crippen LogP contribution in [0.1, 0.15) is 46.0 Å². The molecule has 0 bridgehead atoms. The highest BCUT2D eigenvalue weighted by atomic mass is 15.1. The zero-order valence-corrected chi connectivity index (χ0v) is 11.8. The number of hydrogen-bond donors (Lipinski definition) is 1. The van der Waals surface area contributed by atoms with Crippen LogP contribution in [0.5, 0.6) is 0 Å². The summed E-state index contributed by atoms with van der Waals surface area (Å²) in [5.74, 6) is 2.62. The first-order chi connectivity index (χ1) is 8.24. The van der Waals surface area contributed by atoms with E-state index in [0.717, 1.165) is 17.8 Å². The van der Waals surface area contributed by atoms with Crippen LogP contribution >= 0.6 is 0 Å². The SMILES string of the molecule is CC1CNCC(C)CN(CC2CCCCC2)C1. The summed E-state index contributed by atoms with van der Waals surface area (Å²) in [5.41, 5.74) is 0. The van der Waals surface area contributed by atoms with Crippen molar-refractivity contribution >= 4 is 0 Å². The highest BCUT2D eigenvalue weighted by molar-refractivity contribution is 4.76. The topological polar surface area (TPSA) is 15.3 Å². The van der Waals surface area contributed by atoms with Crippen LogP contribution in [0.25, 0.3) is 0 Å². The number of rotatable bonds is 2. The van der Waals surface area contributed by atoms with Crippen LogP contribution in [0, 0.1) is 17.8 Å². The second-order valence-electron chi connectivity index (χ2n) is 6.59. The highest BCUT2D eigenvalue weighted by Crippen LogP contribution is 2.25. The molecule has 2 heteroatoms. The zero-order valence-electron chi connectivity index (χ0n) is 11.8. The van der Waals surface area contributed by atoms with E-state index in [-0.39, 0.29) is 0 Å². The van der Waals surface area contributed by atoms with Gasteiger partial charge in [-0.1, -0.05) is 33.1 Å². The number of nitrogens with one attached hydrogen (secondary N) is 1. The first-order valence-corrected chi connectivity index (χ1v) is 7.67. The largest absolute Gasteiger partial charge is 0.316 e. The summed E-state index contributed by atoms with van der Waals surface area (Å²) in [7, 11) is 0. The molecule has 100 valence electrons. The average molecular weight is 238 g/mol. The van der Waals surface area contributed by atoms with Gasteiger partial charge in [-0.3, -0.25) is 0 Å². The molecule has 1 saturated carbocycles. The minimum absolute atomic E-state index is 0.811. The zero-order chi connectivity index (χ0) is 12.1. The molecule has 1 heterocycles. The fourth-order valence-electron chi connectivity index (χ4n) is 3.55. The predicted molar refractivity (Wildman–Crippen MR) is 74.2 cm³/mol. The van der Waals surface area contributed by atoms with Gasteiger partial charge in [0.05, 0.1) is 0 Å². The molecule has 2 rings (SSSR count). The smallest absolute Gasteiger partial charge is 0.00194 e. The van der Waals surface area contributed by atoms with Gasteiger partial charge in [0.15, 0.2) is 0 Å². The quantitative estimate of drug-likeness (QED) is 0.796. The Kier molecular flexibility index (Phi) is 5.30. The van der Waals surface area contributed by atoms with Crippen molar-refractivity contribution < 1.29 is 0 Å². The maximum Gasteiger partial charge on any atom is 0.00194 e. The molecule has 0 aromatic rings. The van der Waals surface area contributed by atoms with Crippen LogP contribution in [0.2, 0.25) is 0 Å². The molecule has 2 unspecified atom stereocenters. The third-order valence-electron chi connectivity index (χ3n) is 4.37. The third-order valence-corrected chi connectivity index (χ3v) is 4.37. The fraction of sp³-hybridized carbons (Fsp3) is 1.00. The maximum absolute atomic E-state index is 3.58. The molecular weight excluding hydrogens is 208 g/mol. The van der Waals surface area contributed by atoms with Crippen molar-refractivity contribution in [3.05, 3.63) is 0 Å². The van der Waals surface area contributed by atoms with Crippen LogP contribution in [0.4, 0.5) is 0 Å². The molecule has 2 atom stereocenters. The Hall–Kier alpha value is -0.0800. The Morgan fingerprint density at radius 2 is 1.53 bits per heavy atom. The summed E-state index contributed by atoms with van der Waals surface area (Å²) in [6.45, 7) is 11.1. The second kappa shape index (κ2) is 6.75.